The highest BCUT2D eigenvalue weighted by molar-refractivity contribution is 7.94. The first-order valence-corrected chi connectivity index (χ1v) is 8.80. The molecule has 0 unspecified atom stereocenters. The molecule has 0 radical (unpaired) electrons. The van der Waals surface area contributed by atoms with E-state index in [9.17, 15) is 14.7 Å². The lowest BCUT2D eigenvalue weighted by atomic mass is 10.1. The number of amides is 1. The van der Waals surface area contributed by atoms with Gasteiger partial charge in [0.2, 0.25) is 5.75 Å². The number of furan rings is 1. The molecule has 3 rings (SSSR count). The van der Waals surface area contributed by atoms with Crippen LogP contribution in [0.3, 0.4) is 0 Å². The van der Waals surface area contributed by atoms with Crippen LogP contribution >= 0.6 is 12.0 Å². The number of ether oxygens (including phenoxy) is 1. The Balaban J connectivity index is 1.78. The molecule has 2 N–H and O–H groups in total. The van der Waals surface area contributed by atoms with Crippen molar-refractivity contribution in [2.75, 3.05) is 13.7 Å². The molecule has 0 atom stereocenters. The van der Waals surface area contributed by atoms with Crippen LogP contribution in [0.5, 0.6) is 5.75 Å². The van der Waals surface area contributed by atoms with Crippen molar-refractivity contribution in [3.05, 3.63) is 39.8 Å². The van der Waals surface area contributed by atoms with Crippen LogP contribution in [-0.2, 0) is 32.6 Å². The Morgan fingerprint density at radius 3 is 3.00 bits per heavy atom. The quantitative estimate of drug-likeness (QED) is 0.422. The number of aromatic hydroxyl groups is 1. The van der Waals surface area contributed by atoms with Gasteiger partial charge in [0.15, 0.2) is 10.8 Å². The molecule has 2 aromatic heterocycles. The van der Waals surface area contributed by atoms with E-state index < -0.39 is 22.8 Å². The highest BCUT2D eigenvalue weighted by Gasteiger charge is 2.34. The van der Waals surface area contributed by atoms with Crippen molar-refractivity contribution in [1.29, 1.82) is 0 Å². The molecule has 2 aromatic rings. The summed E-state index contributed by atoms with van der Waals surface area (Å²) in [6.07, 6.45) is 0. The molecule has 0 saturated heterocycles. The molecule has 146 valence electrons. The molecule has 0 spiro atoms. The summed E-state index contributed by atoms with van der Waals surface area (Å²) in [6, 6.07) is 3.29. The number of hydrogen-bond acceptors (Lipinski definition) is 9. The van der Waals surface area contributed by atoms with Gasteiger partial charge in [0.05, 0.1) is 26.8 Å². The first-order valence-electron chi connectivity index (χ1n) is 8.06. The number of fused-ring (bicyclic) bond motifs is 1. The average Bonchev–Trinajstić information content (AvgIpc) is 3.08. The molecule has 0 saturated carbocycles. The normalized spacial score (nSPS) is 15.4. The first kappa shape index (κ1) is 19.4. The van der Waals surface area contributed by atoms with Crippen LogP contribution in [0.1, 0.15) is 35.9 Å². The fourth-order valence-corrected chi connectivity index (χ4v) is 3.04. The summed E-state index contributed by atoms with van der Waals surface area (Å²) >= 11 is 0.880. The van der Waals surface area contributed by atoms with E-state index >= 15 is 0 Å². The molecular formula is C16H19N3O7S. The third kappa shape index (κ3) is 4.00. The lowest BCUT2D eigenvalue weighted by Gasteiger charge is -2.32. The van der Waals surface area contributed by atoms with E-state index in [1.807, 2.05) is 0 Å². The van der Waals surface area contributed by atoms with Crippen molar-refractivity contribution in [1.82, 2.24) is 14.9 Å². The summed E-state index contributed by atoms with van der Waals surface area (Å²) in [5, 5.41) is 13.1. The van der Waals surface area contributed by atoms with E-state index in [2.05, 4.69) is 19.5 Å². The number of carbonyl (C=O) groups excluding carboxylic acids is 1. The third-order valence-electron chi connectivity index (χ3n) is 3.92. The van der Waals surface area contributed by atoms with Crippen LogP contribution in [0.15, 0.2) is 26.4 Å². The van der Waals surface area contributed by atoms with Gasteiger partial charge < -0.3 is 19.6 Å². The molecule has 1 aliphatic rings. The highest BCUT2D eigenvalue weighted by atomic mass is 32.2. The maximum absolute atomic E-state index is 12.5. The molecule has 0 aromatic carbocycles. The zero-order valence-corrected chi connectivity index (χ0v) is 15.8. The van der Waals surface area contributed by atoms with Gasteiger partial charge >= 0.3 is 0 Å². The Bertz CT molecular complexity index is 906. The summed E-state index contributed by atoms with van der Waals surface area (Å²) in [6.45, 7) is 4.10. The second-order valence-electron chi connectivity index (χ2n) is 6.17. The minimum absolute atomic E-state index is 0.0335. The standard InChI is InChI=1S/C16H19N3O7S/c1-16(2)15-18-11(12(20)14(22)19(15)6-7-24-16)13(21)17-8-9-4-5-10(25-9)27-26-23-3/h4-5,20H,6-8H2,1-3H3,(H,17,21). The summed E-state index contributed by atoms with van der Waals surface area (Å²) in [5.41, 5.74) is -1.88. The lowest BCUT2D eigenvalue weighted by Crippen LogP contribution is -2.42. The van der Waals surface area contributed by atoms with E-state index in [4.69, 9.17) is 9.15 Å². The number of carbonyl (C=O) groups is 1. The zero-order chi connectivity index (χ0) is 19.6. The van der Waals surface area contributed by atoms with Crippen molar-refractivity contribution >= 4 is 17.9 Å². The van der Waals surface area contributed by atoms with E-state index in [0.29, 0.717) is 17.5 Å². The smallest absolute Gasteiger partial charge is 0.296 e. The van der Waals surface area contributed by atoms with E-state index in [1.54, 1.807) is 26.0 Å². The van der Waals surface area contributed by atoms with Gasteiger partial charge in [-0.05, 0) is 26.0 Å². The number of hydrogen-bond donors (Lipinski definition) is 2. The van der Waals surface area contributed by atoms with Gasteiger partial charge in [-0.15, -0.1) is 0 Å². The summed E-state index contributed by atoms with van der Waals surface area (Å²) in [5.74, 6) is -0.662. The summed E-state index contributed by atoms with van der Waals surface area (Å²) in [4.78, 5) is 33.5. The molecular weight excluding hydrogens is 378 g/mol. The summed E-state index contributed by atoms with van der Waals surface area (Å²) < 4.78 is 17.0. The van der Waals surface area contributed by atoms with Crippen molar-refractivity contribution in [3.63, 3.8) is 0 Å². The van der Waals surface area contributed by atoms with Gasteiger partial charge in [0, 0.05) is 0 Å². The molecule has 0 bridgehead atoms. The fraction of sp³-hybridized carbons (Fsp3) is 0.438. The Labute approximate surface area is 158 Å². The molecule has 1 amide bonds. The minimum atomic E-state index is -0.853. The third-order valence-corrected chi connectivity index (χ3v) is 4.51. The first-order chi connectivity index (χ1) is 12.8. The van der Waals surface area contributed by atoms with Gasteiger partial charge in [-0.2, -0.15) is 4.33 Å². The second-order valence-corrected chi connectivity index (χ2v) is 6.87. The van der Waals surface area contributed by atoms with Crippen LogP contribution in [-0.4, -0.2) is 34.3 Å². The Morgan fingerprint density at radius 1 is 1.48 bits per heavy atom. The fourth-order valence-electron chi connectivity index (χ4n) is 2.64. The number of rotatable bonds is 6. The van der Waals surface area contributed by atoms with Crippen LogP contribution in [0, 0.1) is 0 Å². The molecule has 0 aliphatic carbocycles. The van der Waals surface area contributed by atoms with Gasteiger partial charge in [-0.1, -0.05) is 0 Å². The van der Waals surface area contributed by atoms with Crippen LogP contribution in [0.2, 0.25) is 0 Å². The molecule has 10 nitrogen and oxygen atoms in total. The molecule has 1 aliphatic heterocycles. The molecule has 11 heteroatoms. The predicted molar refractivity (Wildman–Crippen MR) is 93.0 cm³/mol. The van der Waals surface area contributed by atoms with Crippen molar-refractivity contribution < 1.29 is 28.3 Å². The van der Waals surface area contributed by atoms with E-state index in [-0.39, 0.29) is 24.6 Å². The van der Waals surface area contributed by atoms with E-state index in [1.165, 1.54) is 11.7 Å². The second kappa shape index (κ2) is 7.72. The monoisotopic (exact) mass is 397 g/mol. The van der Waals surface area contributed by atoms with Crippen LogP contribution < -0.4 is 10.9 Å². The van der Waals surface area contributed by atoms with Gasteiger partial charge in [-0.3, -0.25) is 14.2 Å². The zero-order valence-electron chi connectivity index (χ0n) is 15.0. The van der Waals surface area contributed by atoms with Crippen LogP contribution in [0.4, 0.5) is 0 Å². The Morgan fingerprint density at radius 2 is 2.26 bits per heavy atom. The van der Waals surface area contributed by atoms with Crippen LogP contribution in [0.25, 0.3) is 0 Å². The molecule has 27 heavy (non-hydrogen) atoms. The number of nitrogens with one attached hydrogen (secondary N) is 1. The molecule has 3 heterocycles. The van der Waals surface area contributed by atoms with Crippen molar-refractivity contribution in [2.45, 2.75) is 37.6 Å². The lowest BCUT2D eigenvalue weighted by molar-refractivity contribution is -0.160. The van der Waals surface area contributed by atoms with E-state index in [0.717, 1.165) is 12.0 Å². The number of nitrogens with zero attached hydrogens (tertiary/aromatic N) is 2. The van der Waals surface area contributed by atoms with Crippen molar-refractivity contribution in [3.8, 4) is 5.75 Å². The highest BCUT2D eigenvalue weighted by Crippen LogP contribution is 2.27. The van der Waals surface area contributed by atoms with Crippen molar-refractivity contribution in [2.24, 2.45) is 0 Å². The summed E-state index contributed by atoms with van der Waals surface area (Å²) in [7, 11) is 1.37. The maximum Gasteiger partial charge on any atom is 0.296 e. The van der Waals surface area contributed by atoms with Gasteiger partial charge in [0.1, 0.15) is 29.2 Å². The van der Waals surface area contributed by atoms with Gasteiger partial charge in [0.25, 0.3) is 11.5 Å². The minimum Gasteiger partial charge on any atom is -0.501 e. The largest absolute Gasteiger partial charge is 0.501 e. The predicted octanol–water partition coefficient (Wildman–Crippen LogP) is 1.32. The van der Waals surface area contributed by atoms with Gasteiger partial charge in [-0.25, -0.2) is 9.87 Å². The average molecular weight is 397 g/mol. The Kier molecular flexibility index (Phi) is 5.56. The molecule has 0 fully saturated rings. The number of aromatic nitrogens is 2. The SMILES string of the molecule is COOSc1ccc(CNC(=O)c2nc3n(c(=O)c2O)CCOC3(C)C)o1. The topological polar surface area (TPSA) is 125 Å². The maximum atomic E-state index is 12.5. The Hall–Kier alpha value is -2.34.